The average molecular weight is 530 g/mol. The fourth-order valence-electron chi connectivity index (χ4n) is 7.61. The minimum Gasteiger partial charge on any atom is -0.467 e. The van der Waals surface area contributed by atoms with E-state index in [2.05, 4.69) is 49.9 Å². The van der Waals surface area contributed by atoms with Crippen molar-refractivity contribution in [3.05, 3.63) is 34.9 Å². The van der Waals surface area contributed by atoms with Gasteiger partial charge in [0.15, 0.2) is 5.54 Å². The Morgan fingerprint density at radius 2 is 1.76 bits per heavy atom. The molecule has 4 atom stereocenters. The van der Waals surface area contributed by atoms with Crippen LogP contribution in [0.4, 0.5) is 0 Å². The molecule has 3 aliphatic rings. The van der Waals surface area contributed by atoms with Crippen molar-refractivity contribution in [3.8, 4) is 0 Å². The summed E-state index contributed by atoms with van der Waals surface area (Å²) >= 11 is 6.18. The standard InChI is InChI=1S/C31H48ClN3O2/c1-6-22(2)31(30(36)37-5)28(35(21-33-31)27-10-8-7-9-11-27)20-23-12-14-24(15-13-23)29(34(3)4)25-16-18-26(32)19-17-25/h16-19,21-24,27-29H,6-15,20H2,1-5H3. The van der Waals surface area contributed by atoms with E-state index in [4.69, 9.17) is 21.3 Å². The van der Waals surface area contributed by atoms with E-state index in [1.165, 1.54) is 70.5 Å². The Bertz CT molecular complexity index is 906. The molecule has 4 rings (SSSR count). The lowest BCUT2D eigenvalue weighted by Crippen LogP contribution is -2.58. The first-order valence-electron chi connectivity index (χ1n) is 14.6. The maximum Gasteiger partial charge on any atom is 0.336 e. The molecule has 1 aliphatic heterocycles. The molecule has 1 aromatic carbocycles. The fraction of sp³-hybridized carbons (Fsp3) is 0.742. The minimum absolute atomic E-state index is 0.0976. The number of esters is 1. The van der Waals surface area contributed by atoms with E-state index in [0.29, 0.717) is 23.9 Å². The van der Waals surface area contributed by atoms with Gasteiger partial charge in [-0.15, -0.1) is 0 Å². The van der Waals surface area contributed by atoms with Crippen molar-refractivity contribution in [1.29, 1.82) is 0 Å². The van der Waals surface area contributed by atoms with E-state index < -0.39 is 5.54 Å². The Morgan fingerprint density at radius 3 is 2.32 bits per heavy atom. The molecule has 0 bridgehead atoms. The Labute approximate surface area is 230 Å². The van der Waals surface area contributed by atoms with Crippen LogP contribution in [0.1, 0.15) is 96.1 Å². The minimum atomic E-state index is -0.784. The van der Waals surface area contributed by atoms with Crippen LogP contribution in [0.25, 0.3) is 0 Å². The zero-order valence-electron chi connectivity index (χ0n) is 23.7. The van der Waals surface area contributed by atoms with Crippen molar-refractivity contribution in [2.24, 2.45) is 22.7 Å². The summed E-state index contributed by atoms with van der Waals surface area (Å²) in [5.74, 6) is 1.23. The summed E-state index contributed by atoms with van der Waals surface area (Å²) in [6.45, 7) is 4.37. The Kier molecular flexibility index (Phi) is 9.61. The van der Waals surface area contributed by atoms with Crippen molar-refractivity contribution in [3.63, 3.8) is 0 Å². The molecule has 1 heterocycles. The fourth-order valence-corrected chi connectivity index (χ4v) is 7.74. The van der Waals surface area contributed by atoms with Crippen LogP contribution in [0.15, 0.2) is 29.3 Å². The molecule has 37 heavy (non-hydrogen) atoms. The lowest BCUT2D eigenvalue weighted by molar-refractivity contribution is -0.151. The van der Waals surface area contributed by atoms with E-state index in [0.717, 1.165) is 17.9 Å². The number of hydrogen-bond acceptors (Lipinski definition) is 5. The van der Waals surface area contributed by atoms with Crippen LogP contribution in [0, 0.1) is 17.8 Å². The van der Waals surface area contributed by atoms with Gasteiger partial charge in [0.2, 0.25) is 0 Å². The predicted octanol–water partition coefficient (Wildman–Crippen LogP) is 7.14. The van der Waals surface area contributed by atoms with Gasteiger partial charge < -0.3 is 14.5 Å². The van der Waals surface area contributed by atoms with Gasteiger partial charge in [0.25, 0.3) is 0 Å². The number of methoxy groups -OCH3 is 1. The smallest absolute Gasteiger partial charge is 0.336 e. The van der Waals surface area contributed by atoms with Crippen LogP contribution < -0.4 is 0 Å². The molecule has 0 N–H and O–H groups in total. The molecule has 0 amide bonds. The molecule has 5 nitrogen and oxygen atoms in total. The van der Waals surface area contributed by atoms with E-state index >= 15 is 0 Å². The van der Waals surface area contributed by atoms with Gasteiger partial charge >= 0.3 is 5.97 Å². The number of nitrogens with zero attached hydrogens (tertiary/aromatic N) is 3. The number of rotatable bonds is 9. The SMILES string of the molecule is CCC(C)C1(C(=O)OC)N=CN(C2CCCCC2)C1CC1CCC(C(c2ccc(Cl)cc2)N(C)C)CC1. The quantitative estimate of drug-likeness (QED) is 0.319. The maximum atomic E-state index is 13.4. The van der Waals surface area contributed by atoms with Crippen LogP contribution in [0.2, 0.25) is 5.02 Å². The van der Waals surface area contributed by atoms with E-state index in [1.807, 2.05) is 18.5 Å². The second kappa shape index (κ2) is 12.5. The van der Waals surface area contributed by atoms with E-state index in [-0.39, 0.29) is 17.9 Å². The van der Waals surface area contributed by atoms with Crippen LogP contribution in [-0.4, -0.2) is 60.9 Å². The van der Waals surface area contributed by atoms with Crippen molar-refractivity contribution in [2.75, 3.05) is 21.2 Å². The monoisotopic (exact) mass is 529 g/mol. The number of ether oxygens (including phenoxy) is 1. The van der Waals surface area contributed by atoms with Crippen molar-refractivity contribution >= 4 is 23.9 Å². The molecule has 2 aliphatic carbocycles. The Hall–Kier alpha value is -1.59. The van der Waals surface area contributed by atoms with Crippen LogP contribution in [0.5, 0.6) is 0 Å². The lowest BCUT2D eigenvalue weighted by atomic mass is 9.70. The van der Waals surface area contributed by atoms with Crippen LogP contribution >= 0.6 is 11.6 Å². The predicted molar refractivity (Wildman–Crippen MR) is 153 cm³/mol. The molecular weight excluding hydrogens is 482 g/mol. The molecule has 0 radical (unpaired) electrons. The average Bonchev–Trinajstić information content (AvgIpc) is 3.30. The van der Waals surface area contributed by atoms with E-state index in [9.17, 15) is 4.79 Å². The highest BCUT2D eigenvalue weighted by molar-refractivity contribution is 6.30. The first-order valence-corrected chi connectivity index (χ1v) is 15.0. The van der Waals surface area contributed by atoms with Gasteiger partial charge in [-0.05, 0) is 81.6 Å². The topological polar surface area (TPSA) is 45.1 Å². The highest BCUT2D eigenvalue weighted by Crippen LogP contribution is 2.46. The molecule has 206 valence electrons. The molecule has 0 aromatic heterocycles. The highest BCUT2D eigenvalue weighted by atomic mass is 35.5. The lowest BCUT2D eigenvalue weighted by Gasteiger charge is -2.45. The molecule has 2 fully saturated rings. The third-order valence-electron chi connectivity index (χ3n) is 9.81. The third-order valence-corrected chi connectivity index (χ3v) is 10.1. The summed E-state index contributed by atoms with van der Waals surface area (Å²) in [6.07, 6.45) is 15.1. The largest absolute Gasteiger partial charge is 0.467 e. The first kappa shape index (κ1) is 28.4. The van der Waals surface area contributed by atoms with Gasteiger partial charge in [0, 0.05) is 17.1 Å². The Balaban J connectivity index is 1.51. The van der Waals surface area contributed by atoms with Gasteiger partial charge in [-0.2, -0.15) is 0 Å². The summed E-state index contributed by atoms with van der Waals surface area (Å²) in [5.41, 5.74) is 0.569. The van der Waals surface area contributed by atoms with Crippen LogP contribution in [-0.2, 0) is 9.53 Å². The van der Waals surface area contributed by atoms with Gasteiger partial charge in [0.1, 0.15) is 0 Å². The summed E-state index contributed by atoms with van der Waals surface area (Å²) in [5, 5.41) is 0.793. The normalized spacial score (nSPS) is 30.5. The van der Waals surface area contributed by atoms with Crippen molar-refractivity contribution in [1.82, 2.24) is 9.80 Å². The second-order valence-electron chi connectivity index (χ2n) is 12.1. The first-order chi connectivity index (χ1) is 17.8. The zero-order valence-corrected chi connectivity index (χ0v) is 24.4. The summed E-state index contributed by atoms with van der Waals surface area (Å²) in [4.78, 5) is 23.3. The summed E-state index contributed by atoms with van der Waals surface area (Å²) in [7, 11) is 5.92. The van der Waals surface area contributed by atoms with Gasteiger partial charge in [-0.1, -0.05) is 76.1 Å². The van der Waals surface area contributed by atoms with Crippen LogP contribution in [0.3, 0.4) is 0 Å². The summed E-state index contributed by atoms with van der Waals surface area (Å²) in [6, 6.07) is 9.40. The highest BCUT2D eigenvalue weighted by Gasteiger charge is 2.56. The number of hydrogen-bond donors (Lipinski definition) is 0. The molecule has 1 aromatic rings. The third kappa shape index (κ3) is 5.88. The van der Waals surface area contributed by atoms with Gasteiger partial charge in [0.05, 0.1) is 19.5 Å². The Morgan fingerprint density at radius 1 is 1.11 bits per heavy atom. The van der Waals surface area contributed by atoms with Gasteiger partial charge in [-0.25, -0.2) is 4.79 Å². The molecule has 4 unspecified atom stereocenters. The molecule has 6 heteroatoms. The number of benzene rings is 1. The van der Waals surface area contributed by atoms with Gasteiger partial charge in [-0.3, -0.25) is 4.99 Å². The molecule has 0 saturated heterocycles. The maximum absolute atomic E-state index is 13.4. The van der Waals surface area contributed by atoms with Crippen molar-refractivity contribution in [2.45, 2.75) is 108 Å². The summed E-state index contributed by atoms with van der Waals surface area (Å²) < 4.78 is 5.45. The number of aliphatic imine (C=N–C) groups is 1. The number of carbonyl (C=O) groups is 1. The molecular formula is C31H48ClN3O2. The van der Waals surface area contributed by atoms with E-state index in [1.54, 1.807) is 0 Å². The molecule has 2 saturated carbocycles. The second-order valence-corrected chi connectivity index (χ2v) is 12.5. The molecule has 0 spiro atoms. The number of halogens is 1. The number of carbonyl (C=O) groups excluding carboxylic acids is 1. The van der Waals surface area contributed by atoms with Crippen molar-refractivity contribution < 1.29 is 9.53 Å². The zero-order chi connectivity index (χ0) is 26.6.